The molecule has 3 rings (SSSR count). The van der Waals surface area contributed by atoms with Gasteiger partial charge in [-0.2, -0.15) is 0 Å². The highest BCUT2D eigenvalue weighted by Crippen LogP contribution is 2.43. The van der Waals surface area contributed by atoms with Gasteiger partial charge in [0.15, 0.2) is 0 Å². The summed E-state index contributed by atoms with van der Waals surface area (Å²) in [6.07, 6.45) is 11.0. The molecule has 21 heavy (non-hydrogen) atoms. The van der Waals surface area contributed by atoms with Crippen LogP contribution in [-0.4, -0.2) is 6.54 Å². The molecule has 0 bridgehead atoms. The predicted molar refractivity (Wildman–Crippen MR) is 90.6 cm³/mol. The zero-order valence-corrected chi connectivity index (χ0v) is 13.6. The lowest BCUT2D eigenvalue weighted by Gasteiger charge is -2.36. The summed E-state index contributed by atoms with van der Waals surface area (Å²) < 4.78 is 0. The molecule has 1 nitrogen and oxygen atoms in total. The summed E-state index contributed by atoms with van der Waals surface area (Å²) in [5, 5.41) is 0. The smallest absolute Gasteiger partial charge is 0.00430 e. The van der Waals surface area contributed by atoms with E-state index >= 15 is 0 Å². The van der Waals surface area contributed by atoms with Gasteiger partial charge in [-0.05, 0) is 67.0 Å². The van der Waals surface area contributed by atoms with Gasteiger partial charge < -0.3 is 5.73 Å². The molecule has 2 aliphatic carbocycles. The van der Waals surface area contributed by atoms with Gasteiger partial charge in [0.2, 0.25) is 0 Å². The monoisotopic (exact) mass is 285 g/mol. The Hall–Kier alpha value is -0.820. The maximum absolute atomic E-state index is 6.06. The van der Waals surface area contributed by atoms with E-state index in [-0.39, 0.29) is 0 Å². The zero-order valence-electron chi connectivity index (χ0n) is 13.6. The van der Waals surface area contributed by atoms with Crippen LogP contribution in [0.1, 0.15) is 81.3 Å². The average molecular weight is 285 g/mol. The first-order valence-corrected chi connectivity index (χ1v) is 9.11. The second kappa shape index (κ2) is 6.96. The van der Waals surface area contributed by atoms with Crippen molar-refractivity contribution in [2.45, 2.75) is 70.1 Å². The summed E-state index contributed by atoms with van der Waals surface area (Å²) in [4.78, 5) is 0. The predicted octanol–water partition coefficient (Wildman–Crippen LogP) is 5.21. The fourth-order valence-electron chi connectivity index (χ4n) is 4.44. The van der Waals surface area contributed by atoms with Gasteiger partial charge in [-0.3, -0.25) is 0 Å². The van der Waals surface area contributed by atoms with E-state index in [1.165, 1.54) is 51.4 Å². The lowest BCUT2D eigenvalue weighted by atomic mass is 9.69. The van der Waals surface area contributed by atoms with Crippen molar-refractivity contribution in [3.63, 3.8) is 0 Å². The quantitative estimate of drug-likeness (QED) is 0.789. The first-order chi connectivity index (χ1) is 10.3. The van der Waals surface area contributed by atoms with E-state index in [9.17, 15) is 0 Å². The Morgan fingerprint density at radius 2 is 1.71 bits per heavy atom. The molecule has 2 saturated carbocycles. The van der Waals surface area contributed by atoms with Crippen LogP contribution in [0.25, 0.3) is 0 Å². The molecule has 2 fully saturated rings. The topological polar surface area (TPSA) is 26.0 Å². The van der Waals surface area contributed by atoms with Crippen molar-refractivity contribution in [1.29, 1.82) is 0 Å². The highest BCUT2D eigenvalue weighted by molar-refractivity contribution is 5.29. The summed E-state index contributed by atoms with van der Waals surface area (Å²) in [6, 6.07) is 9.62. The fraction of sp³-hybridized carbons (Fsp3) is 0.700. The van der Waals surface area contributed by atoms with Crippen LogP contribution in [0.3, 0.4) is 0 Å². The zero-order chi connectivity index (χ0) is 14.7. The van der Waals surface area contributed by atoms with E-state index in [0.29, 0.717) is 11.8 Å². The molecule has 1 aromatic carbocycles. The third-order valence-corrected chi connectivity index (χ3v) is 6.04. The van der Waals surface area contributed by atoms with Crippen LogP contribution < -0.4 is 5.73 Å². The Labute approximate surface area is 130 Å². The molecule has 2 aliphatic rings. The molecule has 0 saturated heterocycles. The number of benzene rings is 1. The Kier molecular flexibility index (Phi) is 5.00. The molecule has 0 amide bonds. The summed E-state index contributed by atoms with van der Waals surface area (Å²) in [6.45, 7) is 3.17. The van der Waals surface area contributed by atoms with Gasteiger partial charge in [0.1, 0.15) is 0 Å². The van der Waals surface area contributed by atoms with Crippen molar-refractivity contribution >= 4 is 0 Å². The van der Waals surface area contributed by atoms with Gasteiger partial charge in [-0.25, -0.2) is 0 Å². The van der Waals surface area contributed by atoms with Crippen LogP contribution >= 0.6 is 0 Å². The lowest BCUT2D eigenvalue weighted by Crippen LogP contribution is -2.29. The summed E-state index contributed by atoms with van der Waals surface area (Å²) in [5.41, 5.74) is 9.17. The van der Waals surface area contributed by atoms with Crippen molar-refractivity contribution < 1.29 is 0 Å². The van der Waals surface area contributed by atoms with E-state index in [1.807, 2.05) is 0 Å². The minimum atomic E-state index is 0.702. The van der Waals surface area contributed by atoms with E-state index in [1.54, 1.807) is 11.1 Å². The summed E-state index contributed by atoms with van der Waals surface area (Å²) >= 11 is 0. The maximum Gasteiger partial charge on any atom is -0.00430 e. The van der Waals surface area contributed by atoms with Crippen molar-refractivity contribution in [3.05, 3.63) is 35.4 Å². The normalized spacial score (nSPS) is 30.1. The maximum atomic E-state index is 6.06. The molecular formula is C20H31N. The second-order valence-corrected chi connectivity index (χ2v) is 7.36. The van der Waals surface area contributed by atoms with Crippen molar-refractivity contribution in [3.8, 4) is 0 Å². The molecule has 0 spiro atoms. The number of hydrogen-bond acceptors (Lipinski definition) is 1. The van der Waals surface area contributed by atoms with Gasteiger partial charge in [0.25, 0.3) is 0 Å². The molecule has 0 heterocycles. The highest BCUT2D eigenvalue weighted by Gasteiger charge is 2.30. The van der Waals surface area contributed by atoms with Crippen molar-refractivity contribution in [2.24, 2.45) is 17.6 Å². The third kappa shape index (κ3) is 3.34. The van der Waals surface area contributed by atoms with Crippen molar-refractivity contribution in [2.75, 3.05) is 6.54 Å². The minimum absolute atomic E-state index is 0.702. The SMILES string of the molecule is CCCC1CCC(CN)C(c2ccc(C3CCC3)cc2)C1. The second-order valence-electron chi connectivity index (χ2n) is 7.36. The van der Waals surface area contributed by atoms with E-state index in [0.717, 1.165) is 18.4 Å². The number of nitrogens with two attached hydrogens (primary N) is 1. The van der Waals surface area contributed by atoms with Gasteiger partial charge >= 0.3 is 0 Å². The Morgan fingerprint density at radius 3 is 2.29 bits per heavy atom. The van der Waals surface area contributed by atoms with Crippen molar-refractivity contribution in [1.82, 2.24) is 0 Å². The van der Waals surface area contributed by atoms with Crippen LogP contribution in [0.15, 0.2) is 24.3 Å². The Morgan fingerprint density at radius 1 is 1.00 bits per heavy atom. The molecule has 0 aromatic heterocycles. The van der Waals surface area contributed by atoms with Crippen LogP contribution in [0.2, 0.25) is 0 Å². The molecule has 2 N–H and O–H groups in total. The molecule has 0 aliphatic heterocycles. The molecule has 3 atom stereocenters. The number of rotatable bonds is 5. The number of hydrogen-bond donors (Lipinski definition) is 1. The van der Waals surface area contributed by atoms with Crippen LogP contribution in [-0.2, 0) is 0 Å². The van der Waals surface area contributed by atoms with E-state index in [4.69, 9.17) is 5.73 Å². The molecule has 0 radical (unpaired) electrons. The van der Waals surface area contributed by atoms with Gasteiger partial charge in [0, 0.05) is 0 Å². The first-order valence-electron chi connectivity index (χ1n) is 9.11. The summed E-state index contributed by atoms with van der Waals surface area (Å²) in [5.74, 6) is 3.18. The Balaban J connectivity index is 1.72. The van der Waals surface area contributed by atoms with Gasteiger partial charge in [0.05, 0.1) is 0 Å². The third-order valence-electron chi connectivity index (χ3n) is 6.04. The molecular weight excluding hydrogens is 254 g/mol. The van der Waals surface area contributed by atoms with Crippen LogP contribution in [0.5, 0.6) is 0 Å². The van der Waals surface area contributed by atoms with Gasteiger partial charge in [-0.15, -0.1) is 0 Å². The standard InChI is InChI=1S/C20H31N/c1-2-4-15-7-8-19(14-21)20(13-15)18-11-9-17(10-12-18)16-5-3-6-16/h9-12,15-16,19-20H,2-8,13-14,21H2,1H3. The first kappa shape index (κ1) is 15.1. The van der Waals surface area contributed by atoms with Crippen LogP contribution in [0, 0.1) is 11.8 Å². The van der Waals surface area contributed by atoms with E-state index in [2.05, 4.69) is 31.2 Å². The molecule has 116 valence electrons. The minimum Gasteiger partial charge on any atom is -0.330 e. The molecule has 1 aromatic rings. The highest BCUT2D eigenvalue weighted by atomic mass is 14.6. The Bertz CT molecular complexity index is 432. The molecule has 3 unspecified atom stereocenters. The molecule has 1 heteroatoms. The fourth-order valence-corrected chi connectivity index (χ4v) is 4.44. The lowest BCUT2D eigenvalue weighted by molar-refractivity contribution is 0.230. The van der Waals surface area contributed by atoms with E-state index < -0.39 is 0 Å². The van der Waals surface area contributed by atoms with Crippen LogP contribution in [0.4, 0.5) is 0 Å². The van der Waals surface area contributed by atoms with Gasteiger partial charge in [-0.1, -0.05) is 56.9 Å². The largest absolute Gasteiger partial charge is 0.330 e. The summed E-state index contributed by atoms with van der Waals surface area (Å²) in [7, 11) is 0. The average Bonchev–Trinajstić information content (AvgIpc) is 2.47.